The van der Waals surface area contributed by atoms with Crippen molar-refractivity contribution in [2.24, 2.45) is 0 Å². The number of carbonyl (C=O) groups is 2. The van der Waals surface area contributed by atoms with Crippen molar-refractivity contribution in [3.8, 4) is 0 Å². The highest BCUT2D eigenvalue weighted by Gasteiger charge is 2.13. The molecule has 0 aliphatic heterocycles. The fourth-order valence-corrected chi connectivity index (χ4v) is 1.95. The summed E-state index contributed by atoms with van der Waals surface area (Å²) in [6.07, 6.45) is 1.01. The van der Waals surface area contributed by atoms with Gasteiger partial charge < -0.3 is 4.52 Å². The van der Waals surface area contributed by atoms with Crippen molar-refractivity contribution in [2.75, 3.05) is 0 Å². The molecular weight excluding hydrogens is 315 g/mol. The van der Waals surface area contributed by atoms with Crippen molar-refractivity contribution in [3.05, 3.63) is 52.1 Å². The number of nitrogens with zero attached hydrogens (tertiary/aromatic N) is 1. The zero-order chi connectivity index (χ0) is 16.1. The van der Waals surface area contributed by atoms with Crippen LogP contribution >= 0.6 is 11.6 Å². The summed E-state index contributed by atoms with van der Waals surface area (Å²) in [6.45, 7) is 0. The van der Waals surface area contributed by atoms with Crippen LogP contribution in [0.4, 0.5) is 4.39 Å². The standard InChI is InChI=1S/C14H12ClFN2O4/c15-10-5-4-8(6-11(10)16)13(19)3-1-2-9-7-12(18-22-9)14(20)17-21/h4-7,21H,1-3H2,(H,17,20). The Morgan fingerprint density at radius 2 is 2.14 bits per heavy atom. The number of nitrogens with one attached hydrogen (secondary N) is 1. The Morgan fingerprint density at radius 1 is 1.36 bits per heavy atom. The molecule has 1 heterocycles. The predicted octanol–water partition coefficient (Wildman–Crippen LogP) is 2.79. The number of ketones is 1. The van der Waals surface area contributed by atoms with Gasteiger partial charge in [0.1, 0.15) is 11.6 Å². The molecular formula is C14H12ClFN2O4. The third-order valence-corrected chi connectivity index (χ3v) is 3.27. The third kappa shape index (κ3) is 3.90. The lowest BCUT2D eigenvalue weighted by molar-refractivity contribution is 0.0696. The van der Waals surface area contributed by atoms with Gasteiger partial charge >= 0.3 is 0 Å². The summed E-state index contributed by atoms with van der Waals surface area (Å²) in [5.41, 5.74) is 1.64. The average Bonchev–Trinajstić information content (AvgIpc) is 2.98. The number of benzene rings is 1. The zero-order valence-corrected chi connectivity index (χ0v) is 12.1. The molecule has 22 heavy (non-hydrogen) atoms. The Bertz CT molecular complexity index is 702. The number of hydrogen-bond acceptors (Lipinski definition) is 5. The van der Waals surface area contributed by atoms with E-state index < -0.39 is 11.7 Å². The van der Waals surface area contributed by atoms with Crippen LogP contribution in [0.15, 0.2) is 28.8 Å². The van der Waals surface area contributed by atoms with Crippen LogP contribution in [0, 0.1) is 5.82 Å². The van der Waals surface area contributed by atoms with Gasteiger partial charge in [-0.25, -0.2) is 9.87 Å². The van der Waals surface area contributed by atoms with Crippen molar-refractivity contribution < 1.29 is 23.7 Å². The van der Waals surface area contributed by atoms with Gasteiger partial charge in [-0.2, -0.15) is 0 Å². The maximum atomic E-state index is 13.3. The summed E-state index contributed by atoms with van der Waals surface area (Å²) in [4.78, 5) is 23.0. The number of aryl methyl sites for hydroxylation is 1. The molecule has 0 fully saturated rings. The normalized spacial score (nSPS) is 10.5. The van der Waals surface area contributed by atoms with Gasteiger partial charge in [-0.3, -0.25) is 14.8 Å². The van der Waals surface area contributed by atoms with E-state index in [4.69, 9.17) is 21.3 Å². The van der Waals surface area contributed by atoms with Crippen LogP contribution in [0.1, 0.15) is 39.4 Å². The minimum atomic E-state index is -0.775. The molecule has 0 aliphatic carbocycles. The van der Waals surface area contributed by atoms with Crippen LogP contribution in [0.25, 0.3) is 0 Å². The van der Waals surface area contributed by atoms with E-state index in [1.807, 2.05) is 0 Å². The van der Waals surface area contributed by atoms with E-state index in [1.165, 1.54) is 23.7 Å². The number of amides is 1. The van der Waals surface area contributed by atoms with Crippen molar-refractivity contribution in [1.82, 2.24) is 10.6 Å². The topological polar surface area (TPSA) is 92.4 Å². The van der Waals surface area contributed by atoms with E-state index in [9.17, 15) is 14.0 Å². The average molecular weight is 327 g/mol. The minimum Gasteiger partial charge on any atom is -0.361 e. The number of halogens is 2. The number of rotatable bonds is 6. The van der Waals surface area contributed by atoms with Crippen LogP contribution in [-0.4, -0.2) is 22.1 Å². The predicted molar refractivity (Wildman–Crippen MR) is 74.4 cm³/mol. The summed E-state index contributed by atoms with van der Waals surface area (Å²) < 4.78 is 18.2. The monoisotopic (exact) mass is 326 g/mol. The molecule has 0 unspecified atom stereocenters. The molecule has 0 aliphatic rings. The van der Waals surface area contributed by atoms with Gasteiger partial charge in [0, 0.05) is 24.5 Å². The highest BCUT2D eigenvalue weighted by Crippen LogP contribution is 2.17. The van der Waals surface area contributed by atoms with Crippen LogP contribution in [0.5, 0.6) is 0 Å². The Hall–Kier alpha value is -2.25. The number of hydrogen-bond donors (Lipinski definition) is 2. The molecule has 2 aromatic rings. The molecule has 1 aromatic carbocycles. The first-order valence-electron chi connectivity index (χ1n) is 6.39. The molecule has 0 bridgehead atoms. The van der Waals surface area contributed by atoms with Gasteiger partial charge in [0.15, 0.2) is 11.5 Å². The summed E-state index contributed by atoms with van der Waals surface area (Å²) in [5, 5.41) is 11.9. The number of carbonyl (C=O) groups excluding carboxylic acids is 2. The van der Waals surface area contributed by atoms with Crippen LogP contribution in [-0.2, 0) is 6.42 Å². The molecule has 8 heteroatoms. The van der Waals surface area contributed by atoms with Crippen molar-refractivity contribution in [1.29, 1.82) is 0 Å². The smallest absolute Gasteiger partial charge is 0.296 e. The quantitative estimate of drug-likeness (QED) is 0.484. The summed E-state index contributed by atoms with van der Waals surface area (Å²) in [5.74, 6) is -1.22. The minimum absolute atomic E-state index is 0.0344. The second-order valence-corrected chi connectivity index (χ2v) is 4.93. The first-order chi connectivity index (χ1) is 10.5. The molecule has 2 rings (SSSR count). The molecule has 6 nitrogen and oxygen atoms in total. The molecule has 116 valence electrons. The van der Waals surface area contributed by atoms with Crippen molar-refractivity contribution in [2.45, 2.75) is 19.3 Å². The number of Topliss-reactive ketones (excluding diaryl/α,β-unsaturated/α-hetero) is 1. The fraction of sp³-hybridized carbons (Fsp3) is 0.214. The van der Waals surface area contributed by atoms with E-state index in [-0.39, 0.29) is 28.5 Å². The second kappa shape index (κ2) is 7.15. The number of aromatic nitrogens is 1. The van der Waals surface area contributed by atoms with E-state index >= 15 is 0 Å². The van der Waals surface area contributed by atoms with Crippen molar-refractivity contribution in [3.63, 3.8) is 0 Å². The highest BCUT2D eigenvalue weighted by molar-refractivity contribution is 6.30. The molecule has 0 saturated heterocycles. The molecule has 2 N–H and O–H groups in total. The Balaban J connectivity index is 1.87. The van der Waals surface area contributed by atoms with Gasteiger partial charge in [0.25, 0.3) is 5.91 Å². The lowest BCUT2D eigenvalue weighted by Crippen LogP contribution is -2.18. The summed E-state index contributed by atoms with van der Waals surface area (Å²) >= 11 is 5.55. The maximum absolute atomic E-state index is 13.3. The highest BCUT2D eigenvalue weighted by atomic mass is 35.5. The summed E-state index contributed by atoms with van der Waals surface area (Å²) in [6, 6.07) is 5.27. The summed E-state index contributed by atoms with van der Waals surface area (Å²) in [7, 11) is 0. The fourth-order valence-electron chi connectivity index (χ4n) is 1.83. The van der Waals surface area contributed by atoms with Crippen LogP contribution in [0.2, 0.25) is 5.02 Å². The zero-order valence-electron chi connectivity index (χ0n) is 11.3. The van der Waals surface area contributed by atoms with Crippen LogP contribution < -0.4 is 5.48 Å². The van der Waals surface area contributed by atoms with Gasteiger partial charge in [-0.15, -0.1) is 0 Å². The van der Waals surface area contributed by atoms with Gasteiger partial charge in [-0.05, 0) is 24.6 Å². The van der Waals surface area contributed by atoms with Gasteiger partial charge in [-0.1, -0.05) is 16.8 Å². The van der Waals surface area contributed by atoms with Crippen LogP contribution in [0.3, 0.4) is 0 Å². The Labute approximate surface area is 129 Å². The first kappa shape index (κ1) is 16.1. The van der Waals surface area contributed by atoms with E-state index in [0.29, 0.717) is 18.6 Å². The molecule has 0 radical (unpaired) electrons. The third-order valence-electron chi connectivity index (χ3n) is 2.96. The molecule has 0 saturated carbocycles. The maximum Gasteiger partial charge on any atom is 0.296 e. The molecule has 0 spiro atoms. The molecule has 1 amide bonds. The Morgan fingerprint density at radius 3 is 2.82 bits per heavy atom. The SMILES string of the molecule is O=C(CCCc1cc(C(=O)NO)no1)c1ccc(Cl)c(F)c1. The van der Waals surface area contributed by atoms with Gasteiger partial charge in [0.2, 0.25) is 0 Å². The van der Waals surface area contributed by atoms with E-state index in [1.54, 1.807) is 0 Å². The van der Waals surface area contributed by atoms with Gasteiger partial charge in [0.05, 0.1) is 5.02 Å². The van der Waals surface area contributed by atoms with E-state index in [0.717, 1.165) is 6.07 Å². The number of hydroxylamine groups is 1. The molecule has 0 atom stereocenters. The Kier molecular flexibility index (Phi) is 5.24. The molecule has 1 aromatic heterocycles. The van der Waals surface area contributed by atoms with Crippen molar-refractivity contribution >= 4 is 23.3 Å². The second-order valence-electron chi connectivity index (χ2n) is 4.53. The lowest BCUT2D eigenvalue weighted by atomic mass is 10.0. The first-order valence-corrected chi connectivity index (χ1v) is 6.77. The largest absolute Gasteiger partial charge is 0.361 e. The lowest BCUT2D eigenvalue weighted by Gasteiger charge is -2.01. The van der Waals surface area contributed by atoms with E-state index in [2.05, 4.69) is 5.16 Å².